The summed E-state index contributed by atoms with van der Waals surface area (Å²) in [4.78, 5) is 4.93. The lowest BCUT2D eigenvalue weighted by Crippen LogP contribution is -2.51. The molecule has 1 aliphatic heterocycles. The Labute approximate surface area is 202 Å². The molecule has 5 heteroatoms. The van der Waals surface area contributed by atoms with E-state index in [1.165, 1.54) is 0 Å². The summed E-state index contributed by atoms with van der Waals surface area (Å²) in [6.45, 7) is 5.27. The molecule has 1 saturated heterocycles. The lowest BCUT2D eigenvalue weighted by Gasteiger charge is -2.42. The number of piperazine rings is 1. The van der Waals surface area contributed by atoms with Gasteiger partial charge in [-0.1, -0.05) is 60.0 Å². The third-order valence-electron chi connectivity index (χ3n) is 7.15. The zero-order chi connectivity index (χ0) is 22.6. The molecule has 0 aromatic heterocycles. The predicted molar refractivity (Wildman–Crippen MR) is 135 cm³/mol. The first-order valence-electron chi connectivity index (χ1n) is 11.8. The SMILES string of the molecule is CN1CCN(CC2CCCC/C(=C/c3ccc(Cl)cc3)C2(O)Cc2ccc(Cl)cc2)CC1. The van der Waals surface area contributed by atoms with E-state index >= 15 is 0 Å². The van der Waals surface area contributed by atoms with Crippen LogP contribution in [0.2, 0.25) is 10.0 Å². The van der Waals surface area contributed by atoms with Gasteiger partial charge in [0.05, 0.1) is 5.60 Å². The summed E-state index contributed by atoms with van der Waals surface area (Å²) in [6, 6.07) is 15.9. The first-order valence-corrected chi connectivity index (χ1v) is 12.5. The largest absolute Gasteiger partial charge is 0.385 e. The van der Waals surface area contributed by atoms with Crippen molar-refractivity contribution in [2.45, 2.75) is 37.7 Å². The van der Waals surface area contributed by atoms with Gasteiger partial charge < -0.3 is 14.9 Å². The molecule has 2 aliphatic rings. The van der Waals surface area contributed by atoms with Gasteiger partial charge in [0.2, 0.25) is 0 Å². The quantitative estimate of drug-likeness (QED) is 0.557. The molecule has 0 spiro atoms. The van der Waals surface area contributed by atoms with E-state index in [1.54, 1.807) is 0 Å². The first-order chi connectivity index (χ1) is 15.4. The van der Waals surface area contributed by atoms with Gasteiger partial charge in [-0.25, -0.2) is 0 Å². The van der Waals surface area contributed by atoms with Gasteiger partial charge in [-0.05, 0) is 67.3 Å². The second-order valence-electron chi connectivity index (χ2n) is 9.50. The number of aliphatic hydroxyl groups is 1. The number of nitrogens with zero attached hydrogens (tertiary/aromatic N) is 2. The molecule has 32 heavy (non-hydrogen) atoms. The highest BCUT2D eigenvalue weighted by Gasteiger charge is 2.42. The molecule has 2 unspecified atom stereocenters. The van der Waals surface area contributed by atoms with Gasteiger partial charge in [-0.3, -0.25) is 0 Å². The summed E-state index contributed by atoms with van der Waals surface area (Å²) < 4.78 is 0. The van der Waals surface area contributed by atoms with Gasteiger partial charge in [0.1, 0.15) is 0 Å². The van der Waals surface area contributed by atoms with Crippen molar-refractivity contribution in [2.24, 2.45) is 5.92 Å². The fourth-order valence-corrected chi connectivity index (χ4v) is 5.39. The third kappa shape index (κ3) is 5.95. The molecule has 0 bridgehead atoms. The zero-order valence-corrected chi connectivity index (χ0v) is 20.5. The van der Waals surface area contributed by atoms with Crippen molar-refractivity contribution >= 4 is 29.3 Å². The monoisotopic (exact) mass is 472 g/mol. The molecule has 0 radical (unpaired) electrons. The minimum Gasteiger partial charge on any atom is -0.385 e. The molecule has 1 N–H and O–H groups in total. The summed E-state index contributed by atoms with van der Waals surface area (Å²) in [6.07, 6.45) is 7.05. The molecule has 4 rings (SSSR count). The standard InChI is InChI=1S/C27H34Cl2N2O/c1-30-14-16-31(17-15-30)20-24-5-3-2-4-23(18-21-6-10-25(28)11-7-21)27(24,32)19-22-8-12-26(29)13-9-22/h6-13,18,24,32H,2-5,14-17,19-20H2,1H3/b23-18-. The van der Waals surface area contributed by atoms with Gasteiger partial charge >= 0.3 is 0 Å². The highest BCUT2D eigenvalue weighted by Crippen LogP contribution is 2.41. The molecular formula is C27H34Cl2N2O. The molecule has 2 atom stereocenters. The summed E-state index contributed by atoms with van der Waals surface area (Å²) in [7, 11) is 2.19. The molecule has 2 fully saturated rings. The highest BCUT2D eigenvalue weighted by molar-refractivity contribution is 6.30. The Bertz CT molecular complexity index is 904. The second-order valence-corrected chi connectivity index (χ2v) is 10.4. The number of hydrogen-bond acceptors (Lipinski definition) is 3. The second kappa shape index (κ2) is 10.7. The molecule has 172 valence electrons. The number of benzene rings is 2. The van der Waals surface area contributed by atoms with Crippen LogP contribution in [0.5, 0.6) is 0 Å². The van der Waals surface area contributed by atoms with E-state index < -0.39 is 5.60 Å². The van der Waals surface area contributed by atoms with Crippen LogP contribution in [0.1, 0.15) is 36.8 Å². The fraction of sp³-hybridized carbons (Fsp3) is 0.481. The van der Waals surface area contributed by atoms with Crippen LogP contribution in [0, 0.1) is 5.92 Å². The molecule has 2 aromatic rings. The van der Waals surface area contributed by atoms with Gasteiger partial charge in [-0.15, -0.1) is 0 Å². The molecule has 1 aliphatic carbocycles. The van der Waals surface area contributed by atoms with Gasteiger partial charge in [-0.2, -0.15) is 0 Å². The summed E-state index contributed by atoms with van der Waals surface area (Å²) in [5.41, 5.74) is 2.49. The van der Waals surface area contributed by atoms with E-state index in [-0.39, 0.29) is 5.92 Å². The average molecular weight is 473 g/mol. The molecular weight excluding hydrogens is 439 g/mol. The van der Waals surface area contributed by atoms with E-state index in [0.717, 1.165) is 85.2 Å². The maximum atomic E-state index is 12.4. The van der Waals surface area contributed by atoms with Crippen molar-refractivity contribution in [2.75, 3.05) is 39.8 Å². The highest BCUT2D eigenvalue weighted by atomic mass is 35.5. The Morgan fingerprint density at radius 2 is 1.56 bits per heavy atom. The van der Waals surface area contributed by atoms with Crippen LogP contribution in [0.25, 0.3) is 6.08 Å². The van der Waals surface area contributed by atoms with Gasteiger partial charge in [0, 0.05) is 55.1 Å². The Hall–Kier alpha value is -1.36. The van der Waals surface area contributed by atoms with Crippen molar-refractivity contribution in [1.82, 2.24) is 9.80 Å². The minimum absolute atomic E-state index is 0.197. The van der Waals surface area contributed by atoms with E-state index in [1.807, 2.05) is 36.4 Å². The van der Waals surface area contributed by atoms with Crippen molar-refractivity contribution < 1.29 is 5.11 Å². The molecule has 1 heterocycles. The fourth-order valence-electron chi connectivity index (χ4n) is 5.14. The van der Waals surface area contributed by atoms with Crippen LogP contribution >= 0.6 is 23.2 Å². The Balaban J connectivity index is 1.67. The van der Waals surface area contributed by atoms with E-state index in [0.29, 0.717) is 6.42 Å². The minimum atomic E-state index is -0.882. The van der Waals surface area contributed by atoms with Gasteiger partial charge in [0.25, 0.3) is 0 Å². The van der Waals surface area contributed by atoms with Crippen molar-refractivity contribution in [3.05, 3.63) is 75.3 Å². The van der Waals surface area contributed by atoms with Crippen molar-refractivity contribution in [3.8, 4) is 0 Å². The first kappa shape index (κ1) is 23.8. The van der Waals surface area contributed by atoms with E-state index in [9.17, 15) is 5.11 Å². The van der Waals surface area contributed by atoms with Crippen molar-refractivity contribution in [3.63, 3.8) is 0 Å². The Kier molecular flexibility index (Phi) is 7.96. The van der Waals surface area contributed by atoms with E-state index in [4.69, 9.17) is 23.2 Å². The normalized spacial score (nSPS) is 26.9. The third-order valence-corrected chi connectivity index (χ3v) is 7.66. The lowest BCUT2D eigenvalue weighted by molar-refractivity contribution is -0.00643. The average Bonchev–Trinajstić information content (AvgIpc) is 2.92. The van der Waals surface area contributed by atoms with Crippen LogP contribution in [-0.4, -0.2) is 60.3 Å². The van der Waals surface area contributed by atoms with Crippen LogP contribution < -0.4 is 0 Å². The van der Waals surface area contributed by atoms with E-state index in [2.05, 4.69) is 35.1 Å². The van der Waals surface area contributed by atoms with Crippen LogP contribution in [0.4, 0.5) is 0 Å². The number of halogens is 2. The summed E-state index contributed by atoms with van der Waals surface area (Å²) >= 11 is 12.2. The maximum absolute atomic E-state index is 12.4. The Morgan fingerprint density at radius 3 is 2.22 bits per heavy atom. The molecule has 2 aromatic carbocycles. The lowest BCUT2D eigenvalue weighted by atomic mass is 9.74. The molecule has 3 nitrogen and oxygen atoms in total. The summed E-state index contributed by atoms with van der Waals surface area (Å²) in [5.74, 6) is 0.197. The Morgan fingerprint density at radius 1 is 0.938 bits per heavy atom. The van der Waals surface area contributed by atoms with Gasteiger partial charge in [0.15, 0.2) is 0 Å². The zero-order valence-electron chi connectivity index (χ0n) is 18.9. The predicted octanol–water partition coefficient (Wildman–Crippen LogP) is 5.79. The summed E-state index contributed by atoms with van der Waals surface area (Å²) in [5, 5.41) is 13.9. The topological polar surface area (TPSA) is 26.7 Å². The number of hydrogen-bond donors (Lipinski definition) is 1. The van der Waals surface area contributed by atoms with Crippen LogP contribution in [0.3, 0.4) is 0 Å². The number of rotatable bonds is 5. The molecule has 0 amide bonds. The number of likely N-dealkylation sites (N-methyl/N-ethyl adjacent to an activating group) is 1. The smallest absolute Gasteiger partial charge is 0.0940 e. The van der Waals surface area contributed by atoms with Crippen molar-refractivity contribution in [1.29, 1.82) is 0 Å². The maximum Gasteiger partial charge on any atom is 0.0940 e. The van der Waals surface area contributed by atoms with Crippen LogP contribution in [-0.2, 0) is 6.42 Å². The van der Waals surface area contributed by atoms with Crippen LogP contribution in [0.15, 0.2) is 54.1 Å². The molecule has 1 saturated carbocycles.